The number of aliphatic hydroxyl groups excluding tert-OH is 1. The van der Waals surface area contributed by atoms with Crippen LogP contribution in [-0.4, -0.2) is 16.8 Å². The lowest BCUT2D eigenvalue weighted by atomic mass is 9.99. The van der Waals surface area contributed by atoms with Gasteiger partial charge in [0.2, 0.25) is 0 Å². The number of nitrogens with two attached hydrogens (primary N) is 1. The Kier molecular flexibility index (Phi) is 3.46. The molecule has 0 heterocycles. The first-order chi connectivity index (χ1) is 6.69. The van der Waals surface area contributed by atoms with Gasteiger partial charge in [-0.2, -0.15) is 5.26 Å². The molecule has 0 aliphatic carbocycles. The summed E-state index contributed by atoms with van der Waals surface area (Å²) in [5.74, 6) is 0.0763. The molecular weight excluding hydrogens is 180 g/mol. The third-order valence-corrected chi connectivity index (χ3v) is 2.00. The maximum Gasteiger partial charge on any atom is 0.116 e. The van der Waals surface area contributed by atoms with Crippen molar-refractivity contribution in [1.29, 1.82) is 5.26 Å². The van der Waals surface area contributed by atoms with Crippen LogP contribution < -0.4 is 5.73 Å². The highest BCUT2D eigenvalue weighted by Gasteiger charge is 2.11. The Balaban J connectivity index is 3.05. The molecule has 0 aromatic heterocycles. The van der Waals surface area contributed by atoms with Crippen molar-refractivity contribution in [1.82, 2.24) is 0 Å². The highest BCUT2D eigenvalue weighted by atomic mass is 16.3. The molecule has 0 fully saturated rings. The van der Waals surface area contributed by atoms with Gasteiger partial charge in [-0.05, 0) is 30.2 Å². The molecule has 4 nitrogen and oxygen atoms in total. The summed E-state index contributed by atoms with van der Waals surface area (Å²) in [6.07, 6.45) is 0.373. The molecule has 74 valence electrons. The van der Waals surface area contributed by atoms with E-state index in [1.807, 2.05) is 6.07 Å². The molecule has 0 amide bonds. The van der Waals surface area contributed by atoms with Crippen LogP contribution in [0.2, 0.25) is 0 Å². The zero-order valence-electron chi connectivity index (χ0n) is 7.64. The van der Waals surface area contributed by atoms with Gasteiger partial charge < -0.3 is 15.9 Å². The van der Waals surface area contributed by atoms with Crippen LogP contribution in [0.5, 0.6) is 5.75 Å². The van der Waals surface area contributed by atoms with Crippen LogP contribution in [-0.2, 0) is 0 Å². The number of hydrogen-bond donors (Lipinski definition) is 3. The fourth-order valence-electron chi connectivity index (χ4n) is 1.25. The number of phenolic OH excluding ortho intramolecular Hbond substituents is 1. The molecule has 4 heteroatoms. The van der Waals surface area contributed by atoms with E-state index in [9.17, 15) is 5.11 Å². The van der Waals surface area contributed by atoms with Crippen LogP contribution >= 0.6 is 0 Å². The minimum absolute atomic E-state index is 0.0400. The van der Waals surface area contributed by atoms with Crippen molar-refractivity contribution in [3.8, 4) is 11.8 Å². The summed E-state index contributed by atoms with van der Waals surface area (Å²) >= 11 is 0. The maximum atomic E-state index is 9.22. The molecule has 0 bridgehead atoms. The second kappa shape index (κ2) is 4.61. The van der Waals surface area contributed by atoms with Gasteiger partial charge in [0.05, 0.1) is 11.6 Å². The molecular formula is C10H12N2O2. The summed E-state index contributed by atoms with van der Waals surface area (Å²) in [5, 5.41) is 26.7. The molecule has 0 unspecified atom stereocenters. The first kappa shape index (κ1) is 10.5. The van der Waals surface area contributed by atoms with Gasteiger partial charge in [-0.1, -0.05) is 0 Å². The lowest BCUT2D eigenvalue weighted by Crippen LogP contribution is -2.13. The van der Waals surface area contributed by atoms with Gasteiger partial charge in [0, 0.05) is 12.6 Å². The molecule has 1 aromatic carbocycles. The van der Waals surface area contributed by atoms with Gasteiger partial charge in [0.1, 0.15) is 5.75 Å². The first-order valence-corrected chi connectivity index (χ1v) is 4.28. The predicted molar refractivity (Wildman–Crippen MR) is 51.5 cm³/mol. The number of nitrogens with zero attached hydrogens (tertiary/aromatic N) is 1. The number of phenols is 1. The van der Waals surface area contributed by atoms with Gasteiger partial charge >= 0.3 is 0 Å². The number of hydrogen-bond acceptors (Lipinski definition) is 4. The van der Waals surface area contributed by atoms with E-state index in [1.54, 1.807) is 0 Å². The van der Waals surface area contributed by atoms with Crippen LogP contribution in [0, 0.1) is 11.3 Å². The van der Waals surface area contributed by atoms with E-state index < -0.39 is 6.04 Å². The third-order valence-electron chi connectivity index (χ3n) is 2.00. The average Bonchev–Trinajstić information content (AvgIpc) is 2.18. The van der Waals surface area contributed by atoms with Crippen molar-refractivity contribution in [2.45, 2.75) is 12.5 Å². The standard InChI is InChI=1S/C10H12N2O2/c11-6-7-1-2-8(14)5-9(7)10(12)3-4-13/h1-2,5,10,13-14H,3-4,12H2/t10-/m1/s1. The van der Waals surface area contributed by atoms with Crippen LogP contribution in [0.15, 0.2) is 18.2 Å². The molecule has 0 saturated heterocycles. The van der Waals surface area contributed by atoms with Gasteiger partial charge in [-0.15, -0.1) is 0 Å². The fourth-order valence-corrected chi connectivity index (χ4v) is 1.25. The summed E-state index contributed by atoms with van der Waals surface area (Å²) in [4.78, 5) is 0. The summed E-state index contributed by atoms with van der Waals surface area (Å²) < 4.78 is 0. The lowest BCUT2D eigenvalue weighted by Gasteiger charge is -2.12. The van der Waals surface area contributed by atoms with Crippen LogP contribution in [0.3, 0.4) is 0 Å². The van der Waals surface area contributed by atoms with Crippen LogP contribution in [0.25, 0.3) is 0 Å². The second-order valence-corrected chi connectivity index (χ2v) is 3.00. The van der Waals surface area contributed by atoms with Crippen LogP contribution in [0.1, 0.15) is 23.6 Å². The summed E-state index contributed by atoms with van der Waals surface area (Å²) in [5.41, 5.74) is 6.73. The summed E-state index contributed by atoms with van der Waals surface area (Å²) in [7, 11) is 0. The highest BCUT2D eigenvalue weighted by Crippen LogP contribution is 2.22. The van der Waals surface area contributed by atoms with Crippen molar-refractivity contribution in [3.63, 3.8) is 0 Å². The van der Waals surface area contributed by atoms with Crippen molar-refractivity contribution < 1.29 is 10.2 Å². The number of aromatic hydroxyl groups is 1. The Labute approximate surface area is 82.2 Å². The molecule has 4 N–H and O–H groups in total. The van der Waals surface area contributed by atoms with E-state index in [-0.39, 0.29) is 12.4 Å². The van der Waals surface area contributed by atoms with Crippen molar-refractivity contribution in [2.24, 2.45) is 5.73 Å². The SMILES string of the molecule is N#Cc1ccc(O)cc1[C@H](N)CCO. The molecule has 0 radical (unpaired) electrons. The van der Waals surface area contributed by atoms with Crippen molar-refractivity contribution in [3.05, 3.63) is 29.3 Å². The van der Waals surface area contributed by atoms with Gasteiger partial charge in [0.25, 0.3) is 0 Å². The van der Waals surface area contributed by atoms with E-state index in [1.165, 1.54) is 18.2 Å². The molecule has 0 saturated carbocycles. The normalized spacial score (nSPS) is 12.1. The van der Waals surface area contributed by atoms with E-state index in [4.69, 9.17) is 16.1 Å². The quantitative estimate of drug-likeness (QED) is 0.655. The third kappa shape index (κ3) is 2.22. The average molecular weight is 192 g/mol. The topological polar surface area (TPSA) is 90.3 Å². The zero-order valence-corrected chi connectivity index (χ0v) is 7.64. The maximum absolute atomic E-state index is 9.22. The lowest BCUT2D eigenvalue weighted by molar-refractivity contribution is 0.276. The highest BCUT2D eigenvalue weighted by molar-refractivity contribution is 5.43. The minimum Gasteiger partial charge on any atom is -0.508 e. The van der Waals surface area contributed by atoms with Gasteiger partial charge in [-0.25, -0.2) is 0 Å². The number of rotatable bonds is 3. The predicted octanol–water partition coefficient (Wildman–Crippen LogP) is 0.646. The molecule has 0 spiro atoms. The summed E-state index contributed by atoms with van der Waals surface area (Å²) in [6, 6.07) is 5.99. The Morgan fingerprint density at radius 2 is 2.21 bits per heavy atom. The Morgan fingerprint density at radius 1 is 1.50 bits per heavy atom. The second-order valence-electron chi connectivity index (χ2n) is 3.00. The smallest absolute Gasteiger partial charge is 0.116 e. The number of aliphatic hydroxyl groups is 1. The number of benzene rings is 1. The Hall–Kier alpha value is -1.57. The van der Waals surface area contributed by atoms with Crippen molar-refractivity contribution in [2.75, 3.05) is 6.61 Å². The molecule has 1 atom stereocenters. The molecule has 0 aliphatic rings. The van der Waals surface area contributed by atoms with E-state index in [2.05, 4.69) is 0 Å². The largest absolute Gasteiger partial charge is 0.508 e. The van der Waals surface area contributed by atoms with Crippen LogP contribution in [0.4, 0.5) is 0 Å². The summed E-state index contributed by atoms with van der Waals surface area (Å²) in [6.45, 7) is -0.0400. The van der Waals surface area contributed by atoms with Gasteiger partial charge in [0.15, 0.2) is 0 Å². The van der Waals surface area contributed by atoms with Gasteiger partial charge in [-0.3, -0.25) is 0 Å². The molecule has 1 rings (SSSR count). The number of nitriles is 1. The Bertz CT molecular complexity index is 358. The van der Waals surface area contributed by atoms with E-state index >= 15 is 0 Å². The zero-order chi connectivity index (χ0) is 10.6. The van der Waals surface area contributed by atoms with E-state index in [0.29, 0.717) is 17.5 Å². The fraction of sp³-hybridized carbons (Fsp3) is 0.300. The molecule has 1 aromatic rings. The van der Waals surface area contributed by atoms with E-state index in [0.717, 1.165) is 0 Å². The molecule has 14 heavy (non-hydrogen) atoms. The monoisotopic (exact) mass is 192 g/mol. The first-order valence-electron chi connectivity index (χ1n) is 4.28. The Morgan fingerprint density at radius 3 is 2.79 bits per heavy atom. The minimum atomic E-state index is -0.415. The molecule has 0 aliphatic heterocycles. The van der Waals surface area contributed by atoms with Crippen molar-refractivity contribution >= 4 is 0 Å².